The number of hydrogen-bond acceptors (Lipinski definition) is 3. The third-order valence-electron chi connectivity index (χ3n) is 4.26. The number of carbonyl (C=O) groups is 1. The van der Waals surface area contributed by atoms with Gasteiger partial charge in [0.15, 0.2) is 17.8 Å². The lowest BCUT2D eigenvalue weighted by Crippen LogP contribution is -2.92. The Labute approximate surface area is 165 Å². The minimum absolute atomic E-state index is 0.213. The van der Waals surface area contributed by atoms with Gasteiger partial charge < -0.3 is 19.8 Å². The fraction of sp³-hybridized carbons (Fsp3) is 0.190. The maximum absolute atomic E-state index is 12.6. The number of carbonyl (C=O) groups excluding carboxylic acids is 1. The van der Waals surface area contributed by atoms with Gasteiger partial charge in [0.25, 0.3) is 5.91 Å². The zero-order chi connectivity index (χ0) is 20.9. The number of amides is 1. The van der Waals surface area contributed by atoms with Crippen molar-refractivity contribution in [2.75, 3.05) is 5.32 Å². The molecule has 0 aliphatic heterocycles. The molecule has 5 nitrogen and oxygen atoms in total. The van der Waals surface area contributed by atoms with E-state index in [-0.39, 0.29) is 17.7 Å². The summed E-state index contributed by atoms with van der Waals surface area (Å²) in [5, 5.41) is 4.56. The van der Waals surface area contributed by atoms with Gasteiger partial charge in [-0.3, -0.25) is 4.79 Å². The van der Waals surface area contributed by atoms with Gasteiger partial charge in [-0.2, -0.15) is 0 Å². The highest BCUT2D eigenvalue weighted by molar-refractivity contribution is 5.93. The Morgan fingerprint density at radius 3 is 2.31 bits per heavy atom. The van der Waals surface area contributed by atoms with Crippen LogP contribution >= 0.6 is 0 Å². The van der Waals surface area contributed by atoms with Crippen molar-refractivity contribution in [3.8, 4) is 5.75 Å². The van der Waals surface area contributed by atoms with Gasteiger partial charge in [0, 0.05) is 11.3 Å². The van der Waals surface area contributed by atoms with Crippen LogP contribution in [0.5, 0.6) is 5.75 Å². The smallest absolute Gasteiger partial charge is 0.463 e. The molecular weight excluding hydrogens is 385 g/mol. The zero-order valence-corrected chi connectivity index (χ0v) is 15.5. The summed E-state index contributed by atoms with van der Waals surface area (Å²) < 4.78 is 46.1. The molecule has 1 heterocycles. The first kappa shape index (κ1) is 20.5. The Morgan fingerprint density at radius 2 is 1.72 bits per heavy atom. The number of ether oxygens (including phenoxy) is 1. The Kier molecular flexibility index (Phi) is 6.23. The summed E-state index contributed by atoms with van der Waals surface area (Å²) in [7, 11) is 0. The van der Waals surface area contributed by atoms with Crippen molar-refractivity contribution < 1.29 is 32.4 Å². The first-order valence-electron chi connectivity index (χ1n) is 8.92. The molecule has 3 N–H and O–H groups in total. The highest BCUT2D eigenvalue weighted by atomic mass is 19.4. The summed E-state index contributed by atoms with van der Waals surface area (Å²) in [5.74, 6) is 0.0727. The average molecular weight is 405 g/mol. The molecule has 1 amide bonds. The highest BCUT2D eigenvalue weighted by Gasteiger charge is 2.31. The molecule has 0 unspecified atom stereocenters. The predicted octanol–water partition coefficient (Wildman–Crippen LogP) is 3.86. The topological polar surface area (TPSA) is 68.1 Å². The Hall–Kier alpha value is -3.26. The molecule has 0 bridgehead atoms. The second-order valence-electron chi connectivity index (χ2n) is 6.45. The molecule has 1 aromatic heterocycles. The second kappa shape index (κ2) is 8.83. The van der Waals surface area contributed by atoms with Crippen molar-refractivity contribution in [1.29, 1.82) is 0 Å². The van der Waals surface area contributed by atoms with E-state index in [1.165, 1.54) is 12.1 Å². The molecule has 3 rings (SSSR count). The molecular formula is C21H20F3N2O3+. The fourth-order valence-electron chi connectivity index (χ4n) is 2.87. The van der Waals surface area contributed by atoms with Crippen LogP contribution in [0.3, 0.4) is 0 Å². The van der Waals surface area contributed by atoms with Crippen LogP contribution in [-0.2, 0) is 4.79 Å². The number of hydrogen-bond donors (Lipinski definition) is 2. The number of nitrogens with one attached hydrogen (secondary N) is 1. The molecule has 0 saturated carbocycles. The monoisotopic (exact) mass is 405 g/mol. The van der Waals surface area contributed by atoms with Crippen LogP contribution in [0.15, 0.2) is 77.4 Å². The summed E-state index contributed by atoms with van der Waals surface area (Å²) in [6, 6.07) is 17.6. The molecule has 29 heavy (non-hydrogen) atoms. The molecule has 0 radical (unpaired) electrons. The zero-order valence-electron chi connectivity index (χ0n) is 15.5. The van der Waals surface area contributed by atoms with Crippen LogP contribution in [0.4, 0.5) is 18.9 Å². The lowest BCUT2D eigenvalue weighted by Gasteiger charge is -2.19. The van der Waals surface area contributed by atoms with Gasteiger partial charge in [-0.25, -0.2) is 0 Å². The van der Waals surface area contributed by atoms with Gasteiger partial charge >= 0.3 is 6.36 Å². The van der Waals surface area contributed by atoms with E-state index in [2.05, 4.69) is 10.1 Å². The van der Waals surface area contributed by atoms with E-state index in [0.29, 0.717) is 11.4 Å². The molecule has 2 atom stereocenters. The van der Waals surface area contributed by atoms with Crippen molar-refractivity contribution in [3.63, 3.8) is 0 Å². The summed E-state index contributed by atoms with van der Waals surface area (Å²) in [6.07, 6.45) is -3.18. The summed E-state index contributed by atoms with van der Waals surface area (Å²) in [5.41, 5.74) is 1.36. The van der Waals surface area contributed by atoms with Gasteiger partial charge in [0.1, 0.15) is 5.75 Å². The second-order valence-corrected chi connectivity index (χ2v) is 6.45. The van der Waals surface area contributed by atoms with Crippen molar-refractivity contribution in [2.45, 2.75) is 25.4 Å². The highest BCUT2D eigenvalue weighted by Crippen LogP contribution is 2.24. The lowest BCUT2D eigenvalue weighted by molar-refractivity contribution is -0.706. The maximum Gasteiger partial charge on any atom is 0.573 e. The van der Waals surface area contributed by atoms with E-state index >= 15 is 0 Å². The van der Waals surface area contributed by atoms with E-state index in [4.69, 9.17) is 4.42 Å². The third-order valence-corrected chi connectivity index (χ3v) is 4.26. The van der Waals surface area contributed by atoms with Crippen LogP contribution in [0, 0.1) is 0 Å². The summed E-state index contributed by atoms with van der Waals surface area (Å²) in [4.78, 5) is 12.6. The molecule has 0 aliphatic carbocycles. The SMILES string of the molecule is C[C@@H]([NH2+][C@@H](c1ccccc1)c1ccco1)C(=O)Nc1ccc(OC(F)(F)F)cc1. The number of benzene rings is 2. The lowest BCUT2D eigenvalue weighted by atomic mass is 10.0. The first-order valence-corrected chi connectivity index (χ1v) is 8.92. The van der Waals surface area contributed by atoms with Gasteiger partial charge in [-0.1, -0.05) is 30.3 Å². The molecule has 3 aromatic rings. The molecule has 0 aliphatic rings. The van der Waals surface area contributed by atoms with Crippen LogP contribution in [-0.4, -0.2) is 18.3 Å². The molecule has 8 heteroatoms. The van der Waals surface area contributed by atoms with Gasteiger partial charge in [0.2, 0.25) is 0 Å². The largest absolute Gasteiger partial charge is 0.573 e. The molecule has 0 fully saturated rings. The predicted molar refractivity (Wildman–Crippen MR) is 100 cm³/mol. The minimum atomic E-state index is -4.76. The minimum Gasteiger partial charge on any atom is -0.463 e. The number of furan rings is 1. The van der Waals surface area contributed by atoms with E-state index < -0.39 is 12.4 Å². The van der Waals surface area contributed by atoms with Crippen LogP contribution < -0.4 is 15.4 Å². The number of halogens is 3. The molecule has 152 valence electrons. The van der Waals surface area contributed by atoms with E-state index in [9.17, 15) is 18.0 Å². The van der Waals surface area contributed by atoms with E-state index in [0.717, 1.165) is 17.7 Å². The summed E-state index contributed by atoms with van der Waals surface area (Å²) in [6.45, 7) is 1.75. The number of quaternary nitrogens is 1. The number of alkyl halides is 3. The third kappa shape index (κ3) is 5.86. The normalized spacial score (nSPS) is 13.5. The first-order chi connectivity index (χ1) is 13.8. The van der Waals surface area contributed by atoms with Crippen LogP contribution in [0.1, 0.15) is 24.3 Å². The van der Waals surface area contributed by atoms with Crippen molar-refractivity contribution in [2.24, 2.45) is 0 Å². The van der Waals surface area contributed by atoms with Crippen molar-refractivity contribution >= 4 is 11.6 Å². The van der Waals surface area contributed by atoms with E-state index in [1.54, 1.807) is 19.3 Å². The number of nitrogens with two attached hydrogens (primary N) is 1. The van der Waals surface area contributed by atoms with Gasteiger partial charge in [-0.05, 0) is 43.3 Å². The Morgan fingerprint density at radius 1 is 1.03 bits per heavy atom. The van der Waals surface area contributed by atoms with Crippen LogP contribution in [0.2, 0.25) is 0 Å². The standard InChI is InChI=1S/C21H19F3N2O3/c1-14(20(27)26-16-9-11-17(12-10-16)29-21(22,23)24)25-19(18-8-5-13-28-18)15-6-3-2-4-7-15/h2-14,19,25H,1H3,(H,26,27)/p+1/t14-,19+/m1/s1. The average Bonchev–Trinajstić information content (AvgIpc) is 3.21. The quantitative estimate of drug-likeness (QED) is 0.627. The van der Waals surface area contributed by atoms with Gasteiger partial charge in [-0.15, -0.1) is 13.2 Å². The summed E-state index contributed by atoms with van der Waals surface area (Å²) >= 11 is 0. The van der Waals surface area contributed by atoms with Crippen LogP contribution in [0.25, 0.3) is 0 Å². The van der Waals surface area contributed by atoms with Crippen molar-refractivity contribution in [3.05, 3.63) is 84.3 Å². The maximum atomic E-state index is 12.6. The van der Waals surface area contributed by atoms with E-state index in [1.807, 2.05) is 41.7 Å². The number of anilines is 1. The Balaban J connectivity index is 1.66. The van der Waals surface area contributed by atoms with Crippen molar-refractivity contribution in [1.82, 2.24) is 0 Å². The number of rotatable bonds is 7. The molecule has 0 spiro atoms. The Bertz CT molecular complexity index is 911. The molecule has 2 aromatic carbocycles. The van der Waals surface area contributed by atoms with Gasteiger partial charge in [0.05, 0.1) is 6.26 Å². The molecule has 0 saturated heterocycles. The fourth-order valence-corrected chi connectivity index (χ4v) is 2.87.